The second-order valence-electron chi connectivity index (χ2n) is 4.93. The molecule has 0 saturated carbocycles. The van der Waals surface area contributed by atoms with Crippen LogP contribution in [0.1, 0.15) is 17.0 Å². The quantitative estimate of drug-likeness (QED) is 0.767. The zero-order valence-corrected chi connectivity index (χ0v) is 14.7. The number of nitrogens with one attached hydrogen (secondary N) is 1. The van der Waals surface area contributed by atoms with Crippen LogP contribution in [0.3, 0.4) is 0 Å². The predicted octanol–water partition coefficient (Wildman–Crippen LogP) is 2.19. The molecular weight excluding hydrogens is 336 g/mol. The van der Waals surface area contributed by atoms with Gasteiger partial charge in [0.15, 0.2) is 11.5 Å². The van der Waals surface area contributed by atoms with E-state index in [-0.39, 0.29) is 23.7 Å². The van der Waals surface area contributed by atoms with Gasteiger partial charge in [-0.05, 0) is 17.7 Å². The Bertz CT molecular complexity index is 751. The molecule has 0 atom stereocenters. The third-order valence-electron chi connectivity index (χ3n) is 3.40. The summed E-state index contributed by atoms with van der Waals surface area (Å²) in [5, 5.41) is 0.138. The minimum absolute atomic E-state index is 0.138. The third-order valence-corrected chi connectivity index (χ3v) is 3.71. The van der Waals surface area contributed by atoms with Crippen molar-refractivity contribution in [3.63, 3.8) is 0 Å². The van der Waals surface area contributed by atoms with Gasteiger partial charge in [0.25, 0.3) is 5.56 Å². The van der Waals surface area contributed by atoms with Crippen LogP contribution in [-0.2, 0) is 17.8 Å². The Morgan fingerprint density at radius 1 is 1.08 bits per heavy atom. The summed E-state index contributed by atoms with van der Waals surface area (Å²) in [6.45, 7) is 0.180. The first-order valence-corrected chi connectivity index (χ1v) is 7.47. The molecule has 1 aromatic heterocycles. The first-order valence-electron chi connectivity index (χ1n) is 7.09. The Hall–Kier alpha value is -2.25. The van der Waals surface area contributed by atoms with Gasteiger partial charge in [-0.1, -0.05) is 11.6 Å². The summed E-state index contributed by atoms with van der Waals surface area (Å²) in [5.41, 5.74) is 0.819. The van der Waals surface area contributed by atoms with Gasteiger partial charge in [0.2, 0.25) is 5.75 Å². The zero-order valence-electron chi connectivity index (χ0n) is 13.9. The molecule has 0 fully saturated rings. The number of H-pyrrole nitrogens is 1. The van der Waals surface area contributed by atoms with Gasteiger partial charge in [-0.15, -0.1) is 0 Å². The van der Waals surface area contributed by atoms with Crippen molar-refractivity contribution in [1.29, 1.82) is 0 Å². The van der Waals surface area contributed by atoms with Crippen molar-refractivity contribution in [2.75, 3.05) is 28.4 Å². The van der Waals surface area contributed by atoms with Gasteiger partial charge in [0.1, 0.15) is 17.6 Å². The lowest BCUT2D eigenvalue weighted by Gasteiger charge is -2.14. The molecule has 7 nitrogen and oxygen atoms in total. The molecule has 0 aliphatic carbocycles. The minimum Gasteiger partial charge on any atom is -0.493 e. The highest BCUT2D eigenvalue weighted by Crippen LogP contribution is 2.38. The van der Waals surface area contributed by atoms with Crippen LogP contribution in [0.25, 0.3) is 0 Å². The molecule has 8 heteroatoms. The van der Waals surface area contributed by atoms with E-state index < -0.39 is 0 Å². The SMILES string of the molecule is COCc1nc(Cl)c(Cc2cc(OC)c(OC)c(OC)c2)c(=O)[nH]1. The van der Waals surface area contributed by atoms with Crippen LogP contribution in [0.4, 0.5) is 0 Å². The topological polar surface area (TPSA) is 82.7 Å². The van der Waals surface area contributed by atoms with Crippen LogP contribution in [0.2, 0.25) is 5.15 Å². The van der Waals surface area contributed by atoms with Crippen molar-refractivity contribution in [2.45, 2.75) is 13.0 Å². The highest BCUT2D eigenvalue weighted by Gasteiger charge is 2.16. The van der Waals surface area contributed by atoms with Gasteiger partial charge < -0.3 is 23.9 Å². The monoisotopic (exact) mass is 354 g/mol. The van der Waals surface area contributed by atoms with E-state index in [4.69, 9.17) is 30.5 Å². The van der Waals surface area contributed by atoms with Crippen LogP contribution >= 0.6 is 11.6 Å². The van der Waals surface area contributed by atoms with E-state index in [1.165, 1.54) is 28.4 Å². The summed E-state index contributed by atoms with van der Waals surface area (Å²) in [4.78, 5) is 19.0. The van der Waals surface area contributed by atoms with Crippen LogP contribution in [-0.4, -0.2) is 38.4 Å². The van der Waals surface area contributed by atoms with Gasteiger partial charge in [0, 0.05) is 13.5 Å². The minimum atomic E-state index is -0.309. The first kappa shape index (κ1) is 18.1. The fourth-order valence-corrected chi connectivity index (χ4v) is 2.57. The van der Waals surface area contributed by atoms with Gasteiger partial charge in [0.05, 0.1) is 26.9 Å². The highest BCUT2D eigenvalue weighted by atomic mass is 35.5. The Labute approximate surface area is 144 Å². The Balaban J connectivity index is 2.43. The standard InChI is InChI=1S/C16H19ClN2O5/c1-21-8-13-18-15(17)10(16(20)19-13)5-9-6-11(22-2)14(24-4)12(7-9)23-3/h6-7H,5,8H2,1-4H3,(H,18,19,20). The van der Waals surface area contributed by atoms with E-state index in [0.29, 0.717) is 28.6 Å². The number of ether oxygens (including phenoxy) is 4. The molecular formula is C16H19ClN2O5. The fourth-order valence-electron chi connectivity index (χ4n) is 2.31. The number of nitrogens with zero attached hydrogens (tertiary/aromatic N) is 1. The largest absolute Gasteiger partial charge is 0.493 e. The predicted molar refractivity (Wildman–Crippen MR) is 89.5 cm³/mol. The molecule has 2 rings (SSSR count). The second kappa shape index (κ2) is 8.03. The summed E-state index contributed by atoms with van der Waals surface area (Å²) in [7, 11) is 6.10. The average Bonchev–Trinajstić information content (AvgIpc) is 2.57. The van der Waals surface area contributed by atoms with E-state index >= 15 is 0 Å². The van der Waals surface area contributed by atoms with Gasteiger partial charge >= 0.3 is 0 Å². The molecule has 24 heavy (non-hydrogen) atoms. The van der Waals surface area contributed by atoms with Crippen LogP contribution in [0, 0.1) is 0 Å². The van der Waals surface area contributed by atoms with Crippen LogP contribution in [0.5, 0.6) is 17.2 Å². The van der Waals surface area contributed by atoms with E-state index in [1.807, 2.05) is 0 Å². The van der Waals surface area contributed by atoms with Crippen molar-refractivity contribution in [3.05, 3.63) is 44.6 Å². The maximum atomic E-state index is 12.2. The zero-order chi connectivity index (χ0) is 17.7. The molecule has 1 aromatic carbocycles. The lowest BCUT2D eigenvalue weighted by atomic mass is 10.1. The molecule has 1 heterocycles. The van der Waals surface area contributed by atoms with Gasteiger partial charge in [-0.3, -0.25) is 4.79 Å². The molecule has 2 aromatic rings. The Morgan fingerprint density at radius 3 is 2.17 bits per heavy atom. The van der Waals surface area contributed by atoms with E-state index in [2.05, 4.69) is 9.97 Å². The molecule has 0 spiro atoms. The fraction of sp³-hybridized carbons (Fsp3) is 0.375. The van der Waals surface area contributed by atoms with Crippen molar-refractivity contribution >= 4 is 11.6 Å². The normalized spacial score (nSPS) is 10.5. The molecule has 1 N–H and O–H groups in total. The molecule has 0 bridgehead atoms. The number of aromatic amines is 1. The van der Waals surface area contributed by atoms with Gasteiger partial charge in [-0.2, -0.15) is 0 Å². The maximum Gasteiger partial charge on any atom is 0.256 e. The molecule has 0 saturated heterocycles. The molecule has 0 unspecified atom stereocenters. The van der Waals surface area contributed by atoms with Crippen LogP contribution in [0.15, 0.2) is 16.9 Å². The number of halogens is 1. The first-order chi connectivity index (χ1) is 11.5. The van der Waals surface area contributed by atoms with E-state index in [9.17, 15) is 4.79 Å². The number of rotatable bonds is 7. The van der Waals surface area contributed by atoms with Gasteiger partial charge in [-0.25, -0.2) is 4.98 Å². The smallest absolute Gasteiger partial charge is 0.256 e. The lowest BCUT2D eigenvalue weighted by Crippen LogP contribution is -2.18. The average molecular weight is 355 g/mol. The van der Waals surface area contributed by atoms with Crippen LogP contribution < -0.4 is 19.8 Å². The van der Waals surface area contributed by atoms with E-state index in [0.717, 1.165) is 5.56 Å². The van der Waals surface area contributed by atoms with Crippen molar-refractivity contribution in [3.8, 4) is 17.2 Å². The summed E-state index contributed by atoms with van der Waals surface area (Å²) < 4.78 is 20.9. The number of hydrogen-bond acceptors (Lipinski definition) is 6. The number of hydrogen-bond donors (Lipinski definition) is 1. The molecule has 130 valence electrons. The van der Waals surface area contributed by atoms with Crippen molar-refractivity contribution in [2.24, 2.45) is 0 Å². The molecule has 0 radical (unpaired) electrons. The Kier molecular flexibility index (Phi) is 6.05. The maximum absolute atomic E-state index is 12.2. The molecule has 0 aliphatic rings. The van der Waals surface area contributed by atoms with Crippen molar-refractivity contribution < 1.29 is 18.9 Å². The lowest BCUT2D eigenvalue weighted by molar-refractivity contribution is 0.177. The highest BCUT2D eigenvalue weighted by molar-refractivity contribution is 6.30. The van der Waals surface area contributed by atoms with Crippen molar-refractivity contribution in [1.82, 2.24) is 9.97 Å². The van der Waals surface area contributed by atoms with E-state index in [1.54, 1.807) is 12.1 Å². The summed E-state index contributed by atoms with van der Waals surface area (Å²) >= 11 is 6.15. The Morgan fingerprint density at radius 2 is 1.71 bits per heavy atom. The second-order valence-corrected chi connectivity index (χ2v) is 5.28. The summed E-state index contributed by atoms with van der Waals surface area (Å²) in [5.74, 6) is 1.87. The molecule has 0 amide bonds. The number of aromatic nitrogens is 2. The third kappa shape index (κ3) is 3.80. The number of benzene rings is 1. The molecule has 0 aliphatic heterocycles. The summed E-state index contributed by atoms with van der Waals surface area (Å²) in [6.07, 6.45) is 0.269. The summed E-state index contributed by atoms with van der Waals surface area (Å²) in [6, 6.07) is 3.53. The number of methoxy groups -OCH3 is 4.